The van der Waals surface area contributed by atoms with Crippen molar-refractivity contribution < 1.29 is 18.3 Å². The molecular weight excluding hydrogens is 257 g/mol. The molecule has 1 saturated heterocycles. The molecule has 2 rings (SSSR count). The zero-order valence-electron chi connectivity index (χ0n) is 10.5. The lowest BCUT2D eigenvalue weighted by Crippen LogP contribution is -2.36. The number of piperidine rings is 1. The molecule has 0 unspecified atom stereocenters. The number of halogens is 3. The number of aliphatic hydroxyl groups is 1. The highest BCUT2D eigenvalue weighted by molar-refractivity contribution is 5.58. The molecule has 0 aromatic heterocycles. The van der Waals surface area contributed by atoms with Crippen molar-refractivity contribution in [2.45, 2.75) is 31.7 Å². The predicted octanol–water partition coefficient (Wildman–Crippen LogP) is 2.13. The Bertz CT molecular complexity index is 440. The highest BCUT2D eigenvalue weighted by atomic mass is 19.4. The number of rotatable bonds is 2. The standard InChI is InChI=1S/C13H17F3N2O/c14-13(15,16)11-2-1-3-12(10(11)8-17)18-6-4-9(19)5-7-18/h1-3,9,19H,4-8,17H2. The number of hydrogen-bond acceptors (Lipinski definition) is 3. The van der Waals surface area contributed by atoms with Crippen LogP contribution in [0.1, 0.15) is 24.0 Å². The molecule has 0 bridgehead atoms. The Hall–Kier alpha value is -1.27. The van der Waals surface area contributed by atoms with Crippen molar-refractivity contribution in [2.75, 3.05) is 18.0 Å². The first-order valence-electron chi connectivity index (χ1n) is 6.25. The molecule has 3 N–H and O–H groups in total. The highest BCUT2D eigenvalue weighted by Gasteiger charge is 2.34. The Kier molecular flexibility index (Phi) is 4.01. The van der Waals surface area contributed by atoms with Crippen molar-refractivity contribution in [3.8, 4) is 0 Å². The van der Waals surface area contributed by atoms with Gasteiger partial charge in [0.2, 0.25) is 0 Å². The molecular formula is C13H17F3N2O. The molecule has 1 aliphatic rings. The summed E-state index contributed by atoms with van der Waals surface area (Å²) in [6.07, 6.45) is -3.61. The van der Waals surface area contributed by atoms with Gasteiger partial charge in [-0.15, -0.1) is 0 Å². The van der Waals surface area contributed by atoms with Gasteiger partial charge >= 0.3 is 6.18 Å². The van der Waals surface area contributed by atoms with E-state index in [9.17, 15) is 18.3 Å². The van der Waals surface area contributed by atoms with E-state index in [4.69, 9.17) is 5.73 Å². The maximum Gasteiger partial charge on any atom is 0.416 e. The van der Waals surface area contributed by atoms with Crippen molar-refractivity contribution in [3.05, 3.63) is 29.3 Å². The molecule has 3 nitrogen and oxygen atoms in total. The smallest absolute Gasteiger partial charge is 0.393 e. The van der Waals surface area contributed by atoms with Gasteiger partial charge in [0.1, 0.15) is 0 Å². The average Bonchev–Trinajstić information content (AvgIpc) is 2.37. The fourth-order valence-electron chi connectivity index (χ4n) is 2.46. The van der Waals surface area contributed by atoms with Gasteiger partial charge in [0, 0.05) is 30.9 Å². The maximum absolute atomic E-state index is 12.9. The third kappa shape index (κ3) is 3.01. The molecule has 0 spiro atoms. The van der Waals surface area contributed by atoms with Crippen LogP contribution in [0.3, 0.4) is 0 Å². The number of alkyl halides is 3. The Morgan fingerprint density at radius 2 is 1.89 bits per heavy atom. The van der Waals surface area contributed by atoms with Crippen molar-refractivity contribution >= 4 is 5.69 Å². The molecule has 19 heavy (non-hydrogen) atoms. The molecule has 1 fully saturated rings. The van der Waals surface area contributed by atoms with E-state index < -0.39 is 11.7 Å². The van der Waals surface area contributed by atoms with Gasteiger partial charge in [-0.3, -0.25) is 0 Å². The van der Waals surface area contributed by atoms with Crippen molar-refractivity contribution in [1.82, 2.24) is 0 Å². The zero-order chi connectivity index (χ0) is 14.0. The van der Waals surface area contributed by atoms with Gasteiger partial charge in [-0.2, -0.15) is 13.2 Å². The summed E-state index contributed by atoms with van der Waals surface area (Å²) in [5.74, 6) is 0. The van der Waals surface area contributed by atoms with Crippen LogP contribution < -0.4 is 10.6 Å². The summed E-state index contributed by atoms with van der Waals surface area (Å²) in [6, 6.07) is 4.13. The molecule has 0 aliphatic carbocycles. The molecule has 1 aromatic carbocycles. The van der Waals surface area contributed by atoms with E-state index in [-0.39, 0.29) is 18.2 Å². The quantitative estimate of drug-likeness (QED) is 0.868. The van der Waals surface area contributed by atoms with Gasteiger partial charge in [0.15, 0.2) is 0 Å². The van der Waals surface area contributed by atoms with E-state index in [2.05, 4.69) is 0 Å². The van der Waals surface area contributed by atoms with Crippen LogP contribution in [-0.2, 0) is 12.7 Å². The Labute approximate surface area is 109 Å². The number of nitrogens with zero attached hydrogens (tertiary/aromatic N) is 1. The van der Waals surface area contributed by atoms with Gasteiger partial charge in [0.25, 0.3) is 0 Å². The van der Waals surface area contributed by atoms with E-state index in [1.165, 1.54) is 6.07 Å². The van der Waals surface area contributed by atoms with E-state index >= 15 is 0 Å². The molecule has 0 amide bonds. The van der Waals surface area contributed by atoms with Gasteiger partial charge in [0.05, 0.1) is 11.7 Å². The lowest BCUT2D eigenvalue weighted by molar-refractivity contribution is -0.138. The number of hydrogen-bond donors (Lipinski definition) is 2. The Balaban J connectivity index is 2.35. The van der Waals surface area contributed by atoms with Crippen LogP contribution in [0, 0.1) is 0 Å². The minimum Gasteiger partial charge on any atom is -0.393 e. The van der Waals surface area contributed by atoms with Gasteiger partial charge in [-0.25, -0.2) is 0 Å². The summed E-state index contributed by atoms with van der Waals surface area (Å²) in [5.41, 5.74) is 5.50. The van der Waals surface area contributed by atoms with Crippen molar-refractivity contribution in [2.24, 2.45) is 5.73 Å². The summed E-state index contributed by atoms with van der Waals surface area (Å²) in [4.78, 5) is 1.87. The average molecular weight is 274 g/mol. The number of aliphatic hydroxyl groups excluding tert-OH is 1. The largest absolute Gasteiger partial charge is 0.416 e. The Morgan fingerprint density at radius 3 is 2.42 bits per heavy atom. The van der Waals surface area contributed by atoms with Crippen LogP contribution in [0.5, 0.6) is 0 Å². The topological polar surface area (TPSA) is 49.5 Å². The number of anilines is 1. The van der Waals surface area contributed by atoms with Gasteiger partial charge < -0.3 is 15.7 Å². The zero-order valence-corrected chi connectivity index (χ0v) is 10.5. The fraction of sp³-hybridized carbons (Fsp3) is 0.538. The van der Waals surface area contributed by atoms with Crippen LogP contribution in [0.15, 0.2) is 18.2 Å². The summed E-state index contributed by atoms with van der Waals surface area (Å²) in [6.45, 7) is 0.953. The van der Waals surface area contributed by atoms with E-state index in [0.29, 0.717) is 31.6 Å². The van der Waals surface area contributed by atoms with Crippen LogP contribution in [0.25, 0.3) is 0 Å². The lowest BCUT2D eigenvalue weighted by atomic mass is 10.0. The van der Waals surface area contributed by atoms with Crippen LogP contribution in [-0.4, -0.2) is 24.3 Å². The molecule has 0 radical (unpaired) electrons. The second kappa shape index (κ2) is 5.38. The first-order valence-corrected chi connectivity index (χ1v) is 6.25. The molecule has 1 aliphatic heterocycles. The van der Waals surface area contributed by atoms with Crippen LogP contribution in [0.2, 0.25) is 0 Å². The second-order valence-corrected chi connectivity index (χ2v) is 4.72. The monoisotopic (exact) mass is 274 g/mol. The first-order chi connectivity index (χ1) is 8.93. The number of benzene rings is 1. The third-order valence-electron chi connectivity index (χ3n) is 3.47. The van der Waals surface area contributed by atoms with E-state index in [1.807, 2.05) is 4.90 Å². The van der Waals surface area contributed by atoms with Crippen LogP contribution >= 0.6 is 0 Å². The number of nitrogens with two attached hydrogens (primary N) is 1. The third-order valence-corrected chi connectivity index (χ3v) is 3.47. The highest BCUT2D eigenvalue weighted by Crippen LogP contribution is 2.36. The summed E-state index contributed by atoms with van der Waals surface area (Å²) in [7, 11) is 0. The summed E-state index contributed by atoms with van der Waals surface area (Å²) in [5, 5.41) is 9.45. The summed E-state index contributed by atoms with van der Waals surface area (Å²) < 4.78 is 38.8. The van der Waals surface area contributed by atoms with Crippen LogP contribution in [0.4, 0.5) is 18.9 Å². The van der Waals surface area contributed by atoms with Gasteiger partial charge in [-0.05, 0) is 25.0 Å². The van der Waals surface area contributed by atoms with E-state index in [1.54, 1.807) is 6.07 Å². The SMILES string of the molecule is NCc1c(N2CCC(O)CC2)cccc1C(F)(F)F. The normalized spacial score (nSPS) is 17.8. The van der Waals surface area contributed by atoms with Gasteiger partial charge in [-0.1, -0.05) is 6.07 Å². The first kappa shape index (κ1) is 14.1. The fourth-order valence-corrected chi connectivity index (χ4v) is 2.46. The minimum absolute atomic E-state index is 0.131. The second-order valence-electron chi connectivity index (χ2n) is 4.72. The maximum atomic E-state index is 12.9. The molecule has 6 heteroatoms. The molecule has 1 aromatic rings. The molecule has 1 heterocycles. The Morgan fingerprint density at radius 1 is 1.26 bits per heavy atom. The summed E-state index contributed by atoms with van der Waals surface area (Å²) >= 11 is 0. The van der Waals surface area contributed by atoms with Crippen molar-refractivity contribution in [3.63, 3.8) is 0 Å². The van der Waals surface area contributed by atoms with E-state index in [0.717, 1.165) is 6.07 Å². The molecule has 0 saturated carbocycles. The predicted molar refractivity (Wildman–Crippen MR) is 66.8 cm³/mol. The minimum atomic E-state index is -4.39. The molecule has 0 atom stereocenters. The lowest BCUT2D eigenvalue weighted by Gasteiger charge is -2.33. The van der Waals surface area contributed by atoms with Crippen molar-refractivity contribution in [1.29, 1.82) is 0 Å². The molecule has 106 valence electrons.